The van der Waals surface area contributed by atoms with Crippen LogP contribution in [0.15, 0.2) is 16.6 Å². The lowest BCUT2D eigenvalue weighted by atomic mass is 10.0. The van der Waals surface area contributed by atoms with Gasteiger partial charge in [0.05, 0.1) is 18.4 Å². The van der Waals surface area contributed by atoms with Crippen LogP contribution in [-0.4, -0.2) is 40.5 Å². The van der Waals surface area contributed by atoms with Crippen molar-refractivity contribution < 1.29 is 9.53 Å². The zero-order chi connectivity index (χ0) is 15.6. The third-order valence-corrected chi connectivity index (χ3v) is 3.63. The van der Waals surface area contributed by atoms with Gasteiger partial charge in [-0.25, -0.2) is 9.78 Å². The van der Waals surface area contributed by atoms with Gasteiger partial charge < -0.3 is 14.6 Å². The Labute approximate surface area is 123 Å². The number of esters is 1. The van der Waals surface area contributed by atoms with Crippen molar-refractivity contribution in [1.82, 2.24) is 14.9 Å². The van der Waals surface area contributed by atoms with Crippen LogP contribution in [0.1, 0.15) is 30.9 Å². The summed E-state index contributed by atoms with van der Waals surface area (Å²) in [7, 11) is 1.35. The van der Waals surface area contributed by atoms with Crippen molar-refractivity contribution in [3.63, 3.8) is 0 Å². The molecule has 0 spiro atoms. The molecule has 0 radical (unpaired) electrons. The quantitative estimate of drug-likeness (QED) is 0.821. The molecule has 6 heteroatoms. The first-order chi connectivity index (χ1) is 9.92. The minimum Gasteiger partial charge on any atom is -0.466 e. The summed E-state index contributed by atoms with van der Waals surface area (Å²) in [6.45, 7) is 6.59. The van der Waals surface area contributed by atoms with E-state index in [1.54, 1.807) is 13.1 Å². The van der Waals surface area contributed by atoms with Crippen molar-refractivity contribution in [2.24, 2.45) is 0 Å². The second-order valence-corrected chi connectivity index (χ2v) is 5.48. The van der Waals surface area contributed by atoms with Gasteiger partial charge in [0.25, 0.3) is 5.56 Å². The van der Waals surface area contributed by atoms with Crippen LogP contribution in [0.25, 0.3) is 0 Å². The van der Waals surface area contributed by atoms with Gasteiger partial charge in [0.15, 0.2) is 0 Å². The molecule has 0 atom stereocenters. The number of hydrogen-bond acceptors (Lipinski definition) is 5. The van der Waals surface area contributed by atoms with Crippen LogP contribution < -0.4 is 5.56 Å². The highest BCUT2D eigenvalue weighted by Gasteiger charge is 2.22. The normalized spacial score (nSPS) is 17.6. The number of fused-ring (bicyclic) bond motifs is 1. The molecule has 1 N–H and O–H groups in total. The number of carbonyl (C=O) groups is 1. The van der Waals surface area contributed by atoms with Crippen LogP contribution in [0, 0.1) is 6.92 Å². The molecular weight excluding hydrogens is 270 g/mol. The van der Waals surface area contributed by atoms with E-state index < -0.39 is 5.97 Å². The number of aryl methyl sites for hydroxylation is 1. The molecule has 0 unspecified atom stereocenters. The maximum Gasteiger partial charge on any atom is 0.335 e. The number of H-pyrrole nitrogens is 1. The number of methoxy groups -OCH3 is 1. The predicted octanol–water partition coefficient (Wildman–Crippen LogP) is 0.944. The van der Waals surface area contributed by atoms with Crippen LogP contribution in [0.3, 0.4) is 0 Å². The standard InChI is InChI=1S/C15H21N3O3/c1-9(2)18-6-5-13-12(14(19)17-10(3)16-13)7-11(8-18)15(20)21-4/h8-9H,5-7H2,1-4H3,(H,16,17,19)/b11-8+. The monoisotopic (exact) mass is 291 g/mol. The number of hydrogen-bond donors (Lipinski definition) is 1. The van der Waals surface area contributed by atoms with E-state index in [4.69, 9.17) is 4.74 Å². The van der Waals surface area contributed by atoms with Gasteiger partial charge in [-0.05, 0) is 20.8 Å². The molecular formula is C15H21N3O3. The largest absolute Gasteiger partial charge is 0.466 e. The molecule has 1 aromatic heterocycles. The Hall–Kier alpha value is -2.11. The molecule has 0 aliphatic carbocycles. The Morgan fingerprint density at radius 2 is 2.19 bits per heavy atom. The van der Waals surface area contributed by atoms with E-state index >= 15 is 0 Å². The molecule has 0 amide bonds. The number of nitrogens with one attached hydrogen (secondary N) is 1. The molecule has 2 heterocycles. The summed E-state index contributed by atoms with van der Waals surface area (Å²) in [6.07, 6.45) is 2.73. The fourth-order valence-corrected chi connectivity index (χ4v) is 2.46. The molecule has 2 rings (SSSR count). The maximum atomic E-state index is 12.1. The summed E-state index contributed by atoms with van der Waals surface area (Å²) in [5, 5.41) is 0. The second kappa shape index (κ2) is 6.11. The smallest absolute Gasteiger partial charge is 0.335 e. The van der Waals surface area contributed by atoms with Gasteiger partial charge in [0, 0.05) is 37.2 Å². The number of ether oxygens (including phenoxy) is 1. The molecule has 0 saturated carbocycles. The Morgan fingerprint density at radius 1 is 1.48 bits per heavy atom. The van der Waals surface area contributed by atoms with Gasteiger partial charge in [-0.3, -0.25) is 4.79 Å². The molecule has 1 aromatic rings. The van der Waals surface area contributed by atoms with E-state index in [2.05, 4.69) is 28.7 Å². The first-order valence-corrected chi connectivity index (χ1v) is 7.05. The van der Waals surface area contributed by atoms with Gasteiger partial charge in [-0.1, -0.05) is 0 Å². The first kappa shape index (κ1) is 15.3. The molecule has 1 aliphatic rings. The minimum absolute atomic E-state index is 0.176. The molecule has 0 aromatic carbocycles. The Bertz CT molecular complexity index is 632. The molecule has 114 valence electrons. The van der Waals surface area contributed by atoms with E-state index in [1.165, 1.54) is 7.11 Å². The lowest BCUT2D eigenvalue weighted by molar-refractivity contribution is -0.136. The summed E-state index contributed by atoms with van der Waals surface area (Å²) in [4.78, 5) is 33.3. The van der Waals surface area contributed by atoms with Crippen molar-refractivity contribution in [1.29, 1.82) is 0 Å². The van der Waals surface area contributed by atoms with E-state index in [1.807, 2.05) is 0 Å². The summed E-state index contributed by atoms with van der Waals surface area (Å²) in [6, 6.07) is 0.259. The van der Waals surface area contributed by atoms with Gasteiger partial charge in [0.1, 0.15) is 5.82 Å². The predicted molar refractivity (Wildman–Crippen MR) is 78.9 cm³/mol. The number of nitrogens with zero attached hydrogens (tertiary/aromatic N) is 2. The van der Waals surface area contributed by atoms with E-state index in [0.717, 1.165) is 5.69 Å². The highest BCUT2D eigenvalue weighted by Crippen LogP contribution is 2.17. The number of aromatic nitrogens is 2. The lowest BCUT2D eigenvalue weighted by Gasteiger charge is -2.28. The third-order valence-electron chi connectivity index (χ3n) is 3.63. The lowest BCUT2D eigenvalue weighted by Crippen LogP contribution is -2.33. The van der Waals surface area contributed by atoms with Crippen molar-refractivity contribution in [2.75, 3.05) is 13.7 Å². The summed E-state index contributed by atoms with van der Waals surface area (Å²) >= 11 is 0. The highest BCUT2D eigenvalue weighted by atomic mass is 16.5. The molecule has 0 fully saturated rings. The van der Waals surface area contributed by atoms with Crippen molar-refractivity contribution in [3.8, 4) is 0 Å². The Kier molecular flexibility index (Phi) is 4.45. The topological polar surface area (TPSA) is 75.3 Å². The Morgan fingerprint density at radius 3 is 2.81 bits per heavy atom. The number of aromatic amines is 1. The van der Waals surface area contributed by atoms with Crippen molar-refractivity contribution in [2.45, 2.75) is 39.7 Å². The van der Waals surface area contributed by atoms with Crippen LogP contribution in [-0.2, 0) is 22.4 Å². The molecule has 0 bridgehead atoms. The summed E-state index contributed by atoms with van der Waals surface area (Å²) in [5.41, 5.74) is 1.62. The third kappa shape index (κ3) is 3.32. The summed E-state index contributed by atoms with van der Waals surface area (Å²) < 4.78 is 4.83. The number of carbonyl (C=O) groups excluding carboxylic acids is 1. The molecule has 1 aliphatic heterocycles. The van der Waals surface area contributed by atoms with Crippen LogP contribution in [0.4, 0.5) is 0 Å². The highest BCUT2D eigenvalue weighted by molar-refractivity contribution is 5.88. The minimum atomic E-state index is -0.409. The summed E-state index contributed by atoms with van der Waals surface area (Å²) in [5.74, 6) is 0.187. The van der Waals surface area contributed by atoms with Gasteiger partial charge in [0.2, 0.25) is 0 Å². The van der Waals surface area contributed by atoms with Crippen LogP contribution in [0.2, 0.25) is 0 Å². The average Bonchev–Trinajstić information content (AvgIpc) is 2.40. The second-order valence-electron chi connectivity index (χ2n) is 5.48. The molecule has 21 heavy (non-hydrogen) atoms. The number of rotatable bonds is 2. The molecule has 6 nitrogen and oxygen atoms in total. The van der Waals surface area contributed by atoms with E-state index in [-0.39, 0.29) is 18.0 Å². The Balaban J connectivity index is 2.50. The van der Waals surface area contributed by atoms with Gasteiger partial charge in [-0.15, -0.1) is 0 Å². The fraction of sp³-hybridized carbons (Fsp3) is 0.533. The van der Waals surface area contributed by atoms with Crippen molar-refractivity contribution >= 4 is 5.97 Å². The van der Waals surface area contributed by atoms with Crippen molar-refractivity contribution in [3.05, 3.63) is 39.2 Å². The van der Waals surface area contributed by atoms with E-state index in [9.17, 15) is 9.59 Å². The van der Waals surface area contributed by atoms with Gasteiger partial charge in [-0.2, -0.15) is 0 Å². The maximum absolute atomic E-state index is 12.1. The van der Waals surface area contributed by atoms with Gasteiger partial charge >= 0.3 is 5.97 Å². The van der Waals surface area contributed by atoms with Crippen LogP contribution >= 0.6 is 0 Å². The zero-order valence-electron chi connectivity index (χ0n) is 12.9. The SMILES string of the molecule is COC(=O)/C1=C/N(C(C)C)CCc2nc(C)[nH]c(=O)c2C1. The average molecular weight is 291 g/mol. The van der Waals surface area contributed by atoms with Crippen LogP contribution in [0.5, 0.6) is 0 Å². The molecule has 0 saturated heterocycles. The van der Waals surface area contributed by atoms with E-state index in [0.29, 0.717) is 29.9 Å². The zero-order valence-corrected chi connectivity index (χ0v) is 12.9. The first-order valence-electron chi connectivity index (χ1n) is 7.05. The fourth-order valence-electron chi connectivity index (χ4n) is 2.46.